The number of aromatic nitrogens is 1. The van der Waals surface area contributed by atoms with Gasteiger partial charge in [-0.2, -0.15) is 0 Å². The predicted octanol–water partition coefficient (Wildman–Crippen LogP) is 0.911. The topological polar surface area (TPSA) is 48.0 Å². The molecule has 0 spiro atoms. The van der Waals surface area contributed by atoms with Crippen molar-refractivity contribution in [3.05, 3.63) is 17.8 Å². The van der Waals surface area contributed by atoms with E-state index in [4.69, 9.17) is 5.73 Å². The molecule has 0 saturated heterocycles. The molecule has 1 aromatic rings. The smallest absolute Gasteiger partial charge is 0.163 e. The van der Waals surface area contributed by atoms with Crippen LogP contribution in [0.2, 0.25) is 0 Å². The number of carbonyl (C=O) groups excluding carboxylic acids is 1. The number of rotatable bonds is 1. The van der Waals surface area contributed by atoms with E-state index < -0.39 is 0 Å². The summed E-state index contributed by atoms with van der Waals surface area (Å²) in [5, 5.41) is 0. The predicted molar refractivity (Wildman–Crippen MR) is 44.0 cm³/mol. The van der Waals surface area contributed by atoms with Crippen LogP contribution in [0.25, 0.3) is 0 Å². The van der Waals surface area contributed by atoms with Crippen molar-refractivity contribution in [3.8, 4) is 0 Å². The second-order valence-electron chi connectivity index (χ2n) is 2.08. The molecule has 0 aromatic carbocycles. The van der Waals surface area contributed by atoms with Gasteiger partial charge in [0, 0.05) is 6.20 Å². The molecule has 0 aliphatic rings. The largest absolute Gasteiger partial charge is 0.384 e. The Morgan fingerprint density at radius 1 is 1.80 bits per heavy atom. The van der Waals surface area contributed by atoms with Gasteiger partial charge in [0.05, 0.1) is 5.56 Å². The summed E-state index contributed by atoms with van der Waals surface area (Å²) in [5.74, 6) is 0.496. The molecule has 4 heteroatoms. The monoisotopic (exact) mass is 156 g/mol. The summed E-state index contributed by atoms with van der Waals surface area (Å²) in [6, 6.07) is 1.70. The number of hydrogen-bond acceptors (Lipinski definition) is 2. The third-order valence-corrected chi connectivity index (χ3v) is 1.79. The fourth-order valence-electron chi connectivity index (χ4n) is 0.757. The highest BCUT2D eigenvalue weighted by Gasteiger charge is 2.05. The van der Waals surface area contributed by atoms with Gasteiger partial charge >= 0.3 is 0 Å². The zero-order valence-corrected chi connectivity index (χ0v) is 6.82. The highest BCUT2D eigenvalue weighted by Crippen LogP contribution is 2.15. The van der Waals surface area contributed by atoms with Crippen molar-refractivity contribution in [2.45, 2.75) is 6.92 Å². The van der Waals surface area contributed by atoms with Gasteiger partial charge in [0.2, 0.25) is 0 Å². The van der Waals surface area contributed by atoms with Gasteiger partial charge in [-0.05, 0) is 22.4 Å². The fraction of sp³-hybridized carbons (Fsp3) is 0.167. The number of nitrogens with zero attached hydrogens (tertiary/aromatic N) is 1. The molecule has 0 saturated carbocycles. The van der Waals surface area contributed by atoms with Crippen LogP contribution in [-0.2, 0) is 0 Å². The molecular weight excluding hydrogens is 147 g/mol. The summed E-state index contributed by atoms with van der Waals surface area (Å²) < 4.78 is 1.64. The maximum atomic E-state index is 10.8. The molecule has 0 fully saturated rings. The minimum Gasteiger partial charge on any atom is -0.384 e. The SMILES string of the molecule is CC(=O)c1ccn(P)c1N. The van der Waals surface area contributed by atoms with Crippen LogP contribution in [0.15, 0.2) is 12.3 Å². The summed E-state index contributed by atoms with van der Waals surface area (Å²) in [5.41, 5.74) is 6.10. The zero-order chi connectivity index (χ0) is 7.72. The maximum absolute atomic E-state index is 10.8. The minimum absolute atomic E-state index is 0.00120. The number of anilines is 1. The van der Waals surface area contributed by atoms with E-state index in [1.54, 1.807) is 16.6 Å². The first-order chi connectivity index (χ1) is 4.63. The van der Waals surface area contributed by atoms with Gasteiger partial charge in [-0.15, -0.1) is 0 Å². The molecule has 0 bridgehead atoms. The van der Waals surface area contributed by atoms with E-state index in [1.165, 1.54) is 6.92 Å². The highest BCUT2D eigenvalue weighted by molar-refractivity contribution is 7.14. The Morgan fingerprint density at radius 2 is 2.40 bits per heavy atom. The summed E-state index contributed by atoms with van der Waals surface area (Å²) in [7, 11) is 2.39. The van der Waals surface area contributed by atoms with Crippen LogP contribution < -0.4 is 5.73 Å². The van der Waals surface area contributed by atoms with Gasteiger partial charge in [-0.3, -0.25) is 4.79 Å². The number of ketones is 1. The molecule has 3 nitrogen and oxygen atoms in total. The molecule has 0 amide bonds. The van der Waals surface area contributed by atoms with Gasteiger partial charge in [0.15, 0.2) is 5.78 Å². The third-order valence-electron chi connectivity index (χ3n) is 1.34. The lowest BCUT2D eigenvalue weighted by Gasteiger charge is -1.95. The lowest BCUT2D eigenvalue weighted by molar-refractivity contribution is 0.101. The quantitative estimate of drug-likeness (QED) is 0.485. The van der Waals surface area contributed by atoms with Gasteiger partial charge in [-0.1, -0.05) is 0 Å². The Bertz CT molecular complexity index is 267. The van der Waals surface area contributed by atoms with Crippen LogP contribution >= 0.6 is 9.39 Å². The number of carbonyl (C=O) groups is 1. The molecule has 10 heavy (non-hydrogen) atoms. The van der Waals surface area contributed by atoms with Gasteiger partial charge < -0.3 is 10.1 Å². The molecule has 1 unspecified atom stereocenters. The van der Waals surface area contributed by atoms with Gasteiger partial charge in [0.25, 0.3) is 0 Å². The van der Waals surface area contributed by atoms with E-state index in [-0.39, 0.29) is 5.78 Å². The van der Waals surface area contributed by atoms with Crippen LogP contribution in [0.3, 0.4) is 0 Å². The number of hydrogen-bond donors (Lipinski definition) is 1. The normalized spacial score (nSPS) is 9.80. The van der Waals surface area contributed by atoms with Crippen molar-refractivity contribution in [1.82, 2.24) is 4.34 Å². The minimum atomic E-state index is -0.00120. The van der Waals surface area contributed by atoms with Crippen molar-refractivity contribution in [2.75, 3.05) is 5.73 Å². The van der Waals surface area contributed by atoms with E-state index in [1.807, 2.05) is 0 Å². The van der Waals surface area contributed by atoms with Crippen LogP contribution in [0, 0.1) is 0 Å². The Labute approximate surface area is 61.5 Å². The Hall–Kier alpha value is -0.820. The molecule has 1 aromatic heterocycles. The summed E-state index contributed by atoms with van der Waals surface area (Å²) in [6.45, 7) is 1.50. The lowest BCUT2D eigenvalue weighted by Crippen LogP contribution is -1.98. The first kappa shape index (κ1) is 7.29. The van der Waals surface area contributed by atoms with Crippen LogP contribution in [-0.4, -0.2) is 10.1 Å². The fourth-order valence-corrected chi connectivity index (χ4v) is 0.982. The molecule has 0 radical (unpaired) electrons. The van der Waals surface area contributed by atoms with Crippen molar-refractivity contribution >= 4 is 21.0 Å². The molecular formula is C6H9N2OP. The molecule has 1 heterocycles. The van der Waals surface area contributed by atoms with Crippen molar-refractivity contribution in [1.29, 1.82) is 0 Å². The number of nitrogen functional groups attached to an aromatic ring is 1. The van der Waals surface area contributed by atoms with E-state index in [0.717, 1.165) is 0 Å². The highest BCUT2D eigenvalue weighted by atomic mass is 31.0. The third kappa shape index (κ3) is 1.05. The maximum Gasteiger partial charge on any atom is 0.163 e. The number of nitrogens with two attached hydrogens (primary N) is 1. The van der Waals surface area contributed by atoms with E-state index in [0.29, 0.717) is 11.4 Å². The second kappa shape index (κ2) is 2.43. The van der Waals surface area contributed by atoms with Crippen LogP contribution in [0.1, 0.15) is 17.3 Å². The van der Waals surface area contributed by atoms with E-state index >= 15 is 0 Å². The van der Waals surface area contributed by atoms with Crippen molar-refractivity contribution in [2.24, 2.45) is 0 Å². The average molecular weight is 156 g/mol. The number of Topliss-reactive ketones (excluding diaryl/α,β-unsaturated/α-hetero) is 1. The second-order valence-corrected chi connectivity index (χ2v) is 2.63. The Kier molecular flexibility index (Phi) is 1.77. The van der Waals surface area contributed by atoms with Crippen LogP contribution in [0.4, 0.5) is 5.82 Å². The van der Waals surface area contributed by atoms with Gasteiger partial charge in [0.1, 0.15) is 5.82 Å². The molecule has 1 atom stereocenters. The molecule has 2 N–H and O–H groups in total. The van der Waals surface area contributed by atoms with Gasteiger partial charge in [-0.25, -0.2) is 0 Å². The van der Waals surface area contributed by atoms with Crippen LogP contribution in [0.5, 0.6) is 0 Å². The van der Waals surface area contributed by atoms with E-state index in [9.17, 15) is 4.79 Å². The summed E-state index contributed by atoms with van der Waals surface area (Å²) in [6.07, 6.45) is 1.73. The Balaban J connectivity index is 3.17. The first-order valence-electron chi connectivity index (χ1n) is 2.85. The zero-order valence-electron chi connectivity index (χ0n) is 5.66. The first-order valence-corrected chi connectivity index (χ1v) is 3.37. The standard InChI is InChI=1S/C6H9N2OP/c1-4(9)5-2-3-8(10)6(5)7/h2-3H,7,10H2,1H3. The summed E-state index contributed by atoms with van der Waals surface area (Å²) >= 11 is 0. The van der Waals surface area contributed by atoms with Crippen molar-refractivity contribution in [3.63, 3.8) is 0 Å². The molecule has 1 rings (SSSR count). The molecule has 0 aliphatic carbocycles. The molecule has 54 valence electrons. The van der Waals surface area contributed by atoms with Crippen molar-refractivity contribution < 1.29 is 4.79 Å². The van der Waals surface area contributed by atoms with E-state index in [2.05, 4.69) is 9.39 Å². The average Bonchev–Trinajstić information content (AvgIpc) is 2.14. The Morgan fingerprint density at radius 3 is 2.60 bits per heavy atom. The molecule has 0 aliphatic heterocycles. The lowest BCUT2D eigenvalue weighted by atomic mass is 10.2. The summed E-state index contributed by atoms with van der Waals surface area (Å²) in [4.78, 5) is 10.8.